The third-order valence-electron chi connectivity index (χ3n) is 2.91. The highest BCUT2D eigenvalue weighted by Gasteiger charge is 2.23. The van der Waals surface area contributed by atoms with Gasteiger partial charge >= 0.3 is 5.97 Å². The zero-order valence-electron chi connectivity index (χ0n) is 15.8. The summed E-state index contributed by atoms with van der Waals surface area (Å²) in [5, 5.41) is 0. The summed E-state index contributed by atoms with van der Waals surface area (Å²) in [6, 6.07) is 14.6. The van der Waals surface area contributed by atoms with Gasteiger partial charge in [-0.1, -0.05) is 36.4 Å². The molecule has 0 heterocycles. The maximum Gasteiger partial charge on any atom is 0.320 e. The fourth-order valence-corrected chi connectivity index (χ4v) is 4.78. The molecule has 0 atom stereocenters. The lowest BCUT2D eigenvalue weighted by molar-refractivity contribution is -0.152. The summed E-state index contributed by atoms with van der Waals surface area (Å²) in [6.45, 7) is 5.37. The molecular weight excluding hydrogens is 404 g/mol. The topological polar surface area (TPSA) is 133 Å². The second kappa shape index (κ2) is 9.78. The minimum atomic E-state index is -4.10. The number of hydrogen-bond acceptors (Lipinski definition) is 7. The van der Waals surface area contributed by atoms with Crippen LogP contribution in [0.25, 0.3) is 0 Å². The van der Waals surface area contributed by atoms with Crippen molar-refractivity contribution in [2.24, 2.45) is 5.73 Å². The van der Waals surface area contributed by atoms with Crippen LogP contribution in [0.4, 0.5) is 0 Å². The third kappa shape index (κ3) is 8.17. The van der Waals surface area contributed by atoms with Gasteiger partial charge in [0.05, 0.1) is 16.3 Å². The Morgan fingerprint density at radius 1 is 0.857 bits per heavy atom. The van der Waals surface area contributed by atoms with Crippen molar-refractivity contribution in [2.45, 2.75) is 36.2 Å². The quantitative estimate of drug-likeness (QED) is 0.692. The van der Waals surface area contributed by atoms with E-state index in [0.717, 1.165) is 0 Å². The van der Waals surface area contributed by atoms with Crippen LogP contribution in [0, 0.1) is 0 Å². The zero-order chi connectivity index (χ0) is 21.4. The van der Waals surface area contributed by atoms with Crippen molar-refractivity contribution >= 4 is 26.0 Å². The molecule has 28 heavy (non-hydrogen) atoms. The molecule has 0 saturated heterocycles. The molecular formula is C18H24N2O6S2. The Morgan fingerprint density at radius 3 is 1.46 bits per heavy atom. The summed E-state index contributed by atoms with van der Waals surface area (Å²) < 4.78 is 54.3. The first-order valence-corrected chi connectivity index (χ1v) is 11.1. The molecule has 2 aromatic carbocycles. The lowest BCUT2D eigenvalue weighted by Gasteiger charge is -2.18. The van der Waals surface area contributed by atoms with Crippen molar-refractivity contribution in [3.63, 3.8) is 0 Å². The monoisotopic (exact) mass is 428 g/mol. The number of benzene rings is 2. The molecule has 0 amide bonds. The first kappa shape index (κ1) is 23.8. The van der Waals surface area contributed by atoms with Crippen LogP contribution in [0.1, 0.15) is 20.8 Å². The zero-order valence-corrected chi connectivity index (χ0v) is 17.5. The van der Waals surface area contributed by atoms with E-state index in [1.165, 1.54) is 48.5 Å². The Bertz CT molecular complexity index is 900. The van der Waals surface area contributed by atoms with Crippen LogP contribution in [0.2, 0.25) is 0 Å². The minimum Gasteiger partial charge on any atom is -0.459 e. The van der Waals surface area contributed by atoms with E-state index < -0.39 is 25.6 Å². The van der Waals surface area contributed by atoms with Gasteiger partial charge in [-0.05, 0) is 45.0 Å². The van der Waals surface area contributed by atoms with Gasteiger partial charge in [0, 0.05) is 0 Å². The summed E-state index contributed by atoms with van der Waals surface area (Å²) in [4.78, 5) is 10.3. The number of nitrogens with one attached hydrogen (secondary N) is 1. The van der Waals surface area contributed by atoms with Crippen molar-refractivity contribution in [1.29, 1.82) is 0 Å². The largest absolute Gasteiger partial charge is 0.459 e. The van der Waals surface area contributed by atoms with Crippen molar-refractivity contribution in [3.8, 4) is 0 Å². The summed E-state index contributed by atoms with van der Waals surface area (Å²) in [6.07, 6.45) is 0. The van der Waals surface area contributed by atoms with E-state index in [0.29, 0.717) is 0 Å². The minimum absolute atomic E-state index is 0.0444. The standard InChI is InChI=1S/C12H11NO4S2.C6H13NO2/c14-18(15,11-7-3-1-4-8-11)13-19(16,17)12-9-5-2-6-10-12;1-6(2,3)9-5(8)4-7/h1-10,13H;4,7H2,1-3H3. The second-order valence-electron chi connectivity index (χ2n) is 6.51. The summed E-state index contributed by atoms with van der Waals surface area (Å²) in [7, 11) is -8.21. The maximum absolute atomic E-state index is 11.9. The van der Waals surface area contributed by atoms with E-state index in [9.17, 15) is 21.6 Å². The molecule has 0 radical (unpaired) electrons. The number of carbonyl (C=O) groups is 1. The van der Waals surface area contributed by atoms with Gasteiger partial charge in [-0.25, -0.2) is 16.8 Å². The van der Waals surface area contributed by atoms with Gasteiger partial charge in [0.2, 0.25) is 0 Å². The SMILES string of the molecule is CC(C)(C)OC(=O)CN.O=S(=O)(NS(=O)(=O)c1ccccc1)c1ccccc1. The number of rotatable bonds is 5. The molecule has 0 unspecified atom stereocenters. The molecule has 2 aromatic rings. The number of nitrogens with two attached hydrogens (primary N) is 1. The van der Waals surface area contributed by atoms with E-state index in [1.54, 1.807) is 37.0 Å². The highest BCUT2D eigenvalue weighted by molar-refractivity contribution is 8.04. The van der Waals surface area contributed by atoms with Crippen LogP contribution in [-0.2, 0) is 29.6 Å². The molecule has 0 aliphatic rings. The van der Waals surface area contributed by atoms with Gasteiger partial charge in [0.25, 0.3) is 20.0 Å². The molecule has 8 nitrogen and oxygen atoms in total. The van der Waals surface area contributed by atoms with Crippen LogP contribution >= 0.6 is 0 Å². The van der Waals surface area contributed by atoms with Crippen LogP contribution < -0.4 is 9.86 Å². The summed E-state index contributed by atoms with van der Waals surface area (Å²) >= 11 is 0. The Kier molecular flexibility index (Phi) is 8.30. The first-order chi connectivity index (χ1) is 12.9. The Labute approximate surface area is 165 Å². The van der Waals surface area contributed by atoms with Crippen molar-refractivity contribution < 1.29 is 26.4 Å². The van der Waals surface area contributed by atoms with E-state index in [1.807, 2.05) is 0 Å². The first-order valence-electron chi connectivity index (χ1n) is 8.18. The smallest absolute Gasteiger partial charge is 0.320 e. The predicted molar refractivity (Wildman–Crippen MR) is 105 cm³/mol. The Balaban J connectivity index is 0.000000370. The molecule has 0 fully saturated rings. The van der Waals surface area contributed by atoms with Crippen molar-refractivity contribution in [2.75, 3.05) is 6.54 Å². The lowest BCUT2D eigenvalue weighted by Crippen LogP contribution is -2.30. The summed E-state index contributed by atoms with van der Waals surface area (Å²) in [5.74, 6) is -0.359. The van der Waals surface area contributed by atoms with Gasteiger partial charge < -0.3 is 10.5 Å². The molecule has 10 heteroatoms. The van der Waals surface area contributed by atoms with Gasteiger partial charge in [-0.2, -0.15) is 0 Å². The van der Waals surface area contributed by atoms with Crippen LogP contribution in [0.5, 0.6) is 0 Å². The average molecular weight is 429 g/mol. The van der Waals surface area contributed by atoms with Crippen LogP contribution in [0.3, 0.4) is 0 Å². The number of sulfonamides is 2. The summed E-state index contributed by atoms with van der Waals surface area (Å²) in [5.41, 5.74) is 4.60. The van der Waals surface area contributed by atoms with E-state index >= 15 is 0 Å². The van der Waals surface area contributed by atoms with Crippen molar-refractivity contribution in [1.82, 2.24) is 4.13 Å². The van der Waals surface area contributed by atoms with Crippen LogP contribution in [-0.4, -0.2) is 35.0 Å². The molecule has 0 aliphatic carbocycles. The molecule has 0 aromatic heterocycles. The van der Waals surface area contributed by atoms with Gasteiger partial charge in [0.1, 0.15) is 5.60 Å². The molecule has 0 saturated carbocycles. The fourth-order valence-electron chi connectivity index (χ4n) is 1.82. The Morgan fingerprint density at radius 2 is 1.21 bits per heavy atom. The second-order valence-corrected chi connectivity index (χ2v) is 10.1. The highest BCUT2D eigenvalue weighted by Crippen LogP contribution is 2.13. The fraction of sp³-hybridized carbons (Fsp3) is 0.278. The van der Waals surface area contributed by atoms with E-state index in [2.05, 4.69) is 0 Å². The number of ether oxygens (including phenoxy) is 1. The number of hydrogen-bond donors (Lipinski definition) is 2. The lowest BCUT2D eigenvalue weighted by atomic mass is 10.2. The number of carbonyl (C=O) groups excluding carboxylic acids is 1. The average Bonchev–Trinajstić information content (AvgIpc) is 2.61. The predicted octanol–water partition coefficient (Wildman–Crippen LogP) is 1.64. The molecule has 3 N–H and O–H groups in total. The van der Waals surface area contributed by atoms with Gasteiger partial charge in [0.15, 0.2) is 0 Å². The Hall–Kier alpha value is -2.27. The third-order valence-corrected chi connectivity index (χ3v) is 6.45. The maximum atomic E-state index is 11.9. The highest BCUT2D eigenvalue weighted by atomic mass is 32.3. The molecule has 0 spiro atoms. The molecule has 0 bridgehead atoms. The van der Waals surface area contributed by atoms with Crippen LogP contribution in [0.15, 0.2) is 70.5 Å². The molecule has 154 valence electrons. The van der Waals surface area contributed by atoms with E-state index in [-0.39, 0.29) is 22.3 Å². The van der Waals surface area contributed by atoms with Gasteiger partial charge in [-0.3, -0.25) is 4.79 Å². The van der Waals surface area contributed by atoms with E-state index in [4.69, 9.17) is 10.5 Å². The normalized spacial score (nSPS) is 11.9. The number of esters is 1. The van der Waals surface area contributed by atoms with Gasteiger partial charge in [-0.15, -0.1) is 4.13 Å². The molecule has 0 aliphatic heterocycles. The molecule has 2 rings (SSSR count). The van der Waals surface area contributed by atoms with Crippen molar-refractivity contribution in [3.05, 3.63) is 60.7 Å².